The van der Waals surface area contributed by atoms with E-state index >= 15 is 0 Å². The van der Waals surface area contributed by atoms with Gasteiger partial charge in [0.1, 0.15) is 5.69 Å². The molecule has 1 aromatic carbocycles. The van der Waals surface area contributed by atoms with E-state index in [1.807, 2.05) is 12.1 Å². The van der Waals surface area contributed by atoms with Crippen LogP contribution >= 0.6 is 11.6 Å². The van der Waals surface area contributed by atoms with Gasteiger partial charge in [0.05, 0.1) is 30.0 Å². The molecule has 3 N–H and O–H groups in total. The van der Waals surface area contributed by atoms with Gasteiger partial charge in [-0.2, -0.15) is 0 Å². The van der Waals surface area contributed by atoms with Gasteiger partial charge >= 0.3 is 0 Å². The first-order valence-corrected chi connectivity index (χ1v) is 10.2. The summed E-state index contributed by atoms with van der Waals surface area (Å²) in [6.45, 7) is 3.68. The molecule has 3 heterocycles. The zero-order chi connectivity index (χ0) is 22.0. The Morgan fingerprint density at radius 2 is 1.94 bits per heavy atom. The normalized spacial score (nSPS) is 15.0. The lowest BCUT2D eigenvalue weighted by Crippen LogP contribution is -2.41. The zero-order valence-electron chi connectivity index (χ0n) is 16.8. The van der Waals surface area contributed by atoms with Gasteiger partial charge in [0, 0.05) is 30.9 Å². The standard InChI is InChI=1S/C21H21ClN6O3/c1-12(26-20(29)18-19(23)25-6-5-24-18)15-11-13-3-2-4-14(22)16(13)17(27-15)21(30)28-7-9-31-10-8-28/h2-6,11-12H,7-10H2,1H3,(H2,23,25)(H,26,29)/t12-/m0/s1. The Morgan fingerprint density at radius 1 is 1.19 bits per heavy atom. The van der Waals surface area contributed by atoms with Crippen molar-refractivity contribution >= 4 is 40.0 Å². The van der Waals surface area contributed by atoms with Gasteiger partial charge in [0.2, 0.25) is 0 Å². The number of halogens is 1. The lowest BCUT2D eigenvalue weighted by atomic mass is 10.0. The maximum atomic E-state index is 13.3. The van der Waals surface area contributed by atoms with Crippen LogP contribution in [0.1, 0.15) is 39.6 Å². The zero-order valence-corrected chi connectivity index (χ0v) is 17.6. The molecule has 9 nitrogen and oxygen atoms in total. The predicted molar refractivity (Wildman–Crippen MR) is 116 cm³/mol. The highest BCUT2D eigenvalue weighted by Gasteiger charge is 2.25. The summed E-state index contributed by atoms with van der Waals surface area (Å²) < 4.78 is 5.35. The molecule has 0 unspecified atom stereocenters. The van der Waals surface area contributed by atoms with E-state index in [-0.39, 0.29) is 23.1 Å². The molecule has 2 amide bonds. The molecule has 0 aliphatic carbocycles. The number of amides is 2. The number of fused-ring (bicyclic) bond motifs is 1. The second kappa shape index (κ2) is 8.83. The Hall–Kier alpha value is -3.30. The van der Waals surface area contributed by atoms with Crippen molar-refractivity contribution in [3.8, 4) is 0 Å². The first-order valence-electron chi connectivity index (χ1n) is 9.79. The summed E-state index contributed by atoms with van der Waals surface area (Å²) in [5.41, 5.74) is 6.54. The summed E-state index contributed by atoms with van der Waals surface area (Å²) >= 11 is 6.42. The summed E-state index contributed by atoms with van der Waals surface area (Å²) in [6.07, 6.45) is 2.80. The molecule has 0 saturated carbocycles. The van der Waals surface area contributed by atoms with E-state index in [1.54, 1.807) is 24.0 Å². The molecular formula is C21H21ClN6O3. The van der Waals surface area contributed by atoms with Crippen LogP contribution in [0.25, 0.3) is 10.8 Å². The number of carbonyl (C=O) groups excluding carboxylic acids is 2. The molecule has 1 atom stereocenters. The smallest absolute Gasteiger partial charge is 0.274 e. The summed E-state index contributed by atoms with van der Waals surface area (Å²) in [6, 6.07) is 6.68. The molecule has 10 heteroatoms. The second-order valence-electron chi connectivity index (χ2n) is 7.12. The number of benzene rings is 1. The molecule has 0 spiro atoms. The molecule has 1 aliphatic rings. The van der Waals surface area contributed by atoms with Crippen molar-refractivity contribution in [2.45, 2.75) is 13.0 Å². The van der Waals surface area contributed by atoms with Gasteiger partial charge in [-0.1, -0.05) is 23.7 Å². The molecule has 0 bridgehead atoms. The summed E-state index contributed by atoms with van der Waals surface area (Å²) in [4.78, 5) is 40.0. The second-order valence-corrected chi connectivity index (χ2v) is 7.53. The average Bonchev–Trinajstić information content (AvgIpc) is 2.78. The van der Waals surface area contributed by atoms with Crippen LogP contribution in [0.2, 0.25) is 5.02 Å². The van der Waals surface area contributed by atoms with Crippen LogP contribution in [0, 0.1) is 0 Å². The highest BCUT2D eigenvalue weighted by atomic mass is 35.5. The van der Waals surface area contributed by atoms with Crippen molar-refractivity contribution in [2.24, 2.45) is 0 Å². The Bertz CT molecular complexity index is 1150. The Labute approximate surface area is 183 Å². The molecule has 160 valence electrons. The van der Waals surface area contributed by atoms with Crippen molar-refractivity contribution in [3.05, 3.63) is 58.8 Å². The van der Waals surface area contributed by atoms with Crippen LogP contribution in [0.4, 0.5) is 5.82 Å². The van der Waals surface area contributed by atoms with Crippen molar-refractivity contribution in [3.63, 3.8) is 0 Å². The first-order chi connectivity index (χ1) is 15.0. The third-order valence-corrected chi connectivity index (χ3v) is 5.38. The van der Waals surface area contributed by atoms with Crippen LogP contribution in [0.15, 0.2) is 36.7 Å². The lowest BCUT2D eigenvalue weighted by molar-refractivity contribution is 0.0300. The predicted octanol–water partition coefficient (Wildman–Crippen LogP) is 2.22. The molecule has 0 radical (unpaired) electrons. The fraction of sp³-hybridized carbons (Fsp3) is 0.286. The maximum absolute atomic E-state index is 13.3. The van der Waals surface area contributed by atoms with Gasteiger partial charge < -0.3 is 20.7 Å². The molecule has 3 aromatic rings. The highest BCUT2D eigenvalue weighted by molar-refractivity contribution is 6.36. The molecule has 1 fully saturated rings. The Kier molecular flexibility index (Phi) is 5.97. The summed E-state index contributed by atoms with van der Waals surface area (Å²) in [7, 11) is 0. The Morgan fingerprint density at radius 3 is 2.68 bits per heavy atom. The van der Waals surface area contributed by atoms with E-state index in [0.717, 1.165) is 5.39 Å². The number of anilines is 1. The highest BCUT2D eigenvalue weighted by Crippen LogP contribution is 2.29. The number of rotatable bonds is 4. The first kappa shape index (κ1) is 21.0. The molecule has 1 aliphatic heterocycles. The number of carbonyl (C=O) groups is 2. The quantitative estimate of drug-likeness (QED) is 0.637. The van der Waals surface area contributed by atoms with Crippen molar-refractivity contribution in [1.82, 2.24) is 25.2 Å². The Balaban J connectivity index is 1.70. The minimum Gasteiger partial charge on any atom is -0.382 e. The van der Waals surface area contributed by atoms with E-state index in [1.165, 1.54) is 12.4 Å². The molecule has 1 saturated heterocycles. The van der Waals surface area contributed by atoms with Gasteiger partial charge in [-0.15, -0.1) is 0 Å². The third-order valence-electron chi connectivity index (χ3n) is 5.06. The number of hydrogen-bond acceptors (Lipinski definition) is 7. The topological polar surface area (TPSA) is 123 Å². The average molecular weight is 441 g/mol. The van der Waals surface area contributed by atoms with Crippen LogP contribution in [0.3, 0.4) is 0 Å². The minimum atomic E-state index is -0.520. The van der Waals surface area contributed by atoms with Gasteiger partial charge in [0.15, 0.2) is 11.5 Å². The van der Waals surface area contributed by atoms with E-state index in [2.05, 4.69) is 20.3 Å². The van der Waals surface area contributed by atoms with Crippen LogP contribution in [-0.2, 0) is 4.74 Å². The fourth-order valence-electron chi connectivity index (χ4n) is 3.44. The number of hydrogen-bond donors (Lipinski definition) is 2. The minimum absolute atomic E-state index is 0.0304. The molecule has 2 aromatic heterocycles. The van der Waals surface area contributed by atoms with E-state index in [0.29, 0.717) is 42.4 Å². The maximum Gasteiger partial charge on any atom is 0.274 e. The van der Waals surface area contributed by atoms with Crippen molar-refractivity contribution in [2.75, 3.05) is 32.0 Å². The largest absolute Gasteiger partial charge is 0.382 e. The van der Waals surface area contributed by atoms with Gasteiger partial charge in [-0.3, -0.25) is 9.59 Å². The summed E-state index contributed by atoms with van der Waals surface area (Å²) in [5.74, 6) is -0.666. The van der Waals surface area contributed by atoms with Gasteiger partial charge in [-0.25, -0.2) is 15.0 Å². The third kappa shape index (κ3) is 4.28. The van der Waals surface area contributed by atoms with Crippen LogP contribution in [0.5, 0.6) is 0 Å². The molecule has 31 heavy (non-hydrogen) atoms. The summed E-state index contributed by atoms with van der Waals surface area (Å²) in [5, 5.41) is 4.60. The monoisotopic (exact) mass is 440 g/mol. The lowest BCUT2D eigenvalue weighted by Gasteiger charge is -2.27. The number of nitrogens with two attached hydrogens (primary N) is 1. The van der Waals surface area contributed by atoms with Crippen LogP contribution in [-0.4, -0.2) is 58.0 Å². The molecule has 4 rings (SSSR count). The SMILES string of the molecule is C[C@H](NC(=O)c1nccnc1N)c1cc2cccc(Cl)c2c(C(=O)N2CCOCC2)n1. The number of nitrogens with one attached hydrogen (secondary N) is 1. The fourth-order valence-corrected chi connectivity index (χ4v) is 3.71. The number of aromatic nitrogens is 3. The van der Waals surface area contributed by atoms with E-state index in [4.69, 9.17) is 22.1 Å². The van der Waals surface area contributed by atoms with Gasteiger partial charge in [0.25, 0.3) is 11.8 Å². The number of ether oxygens (including phenoxy) is 1. The number of nitrogens with zero attached hydrogens (tertiary/aromatic N) is 4. The number of nitrogen functional groups attached to an aromatic ring is 1. The molecular weight excluding hydrogens is 420 g/mol. The van der Waals surface area contributed by atoms with Gasteiger partial charge in [-0.05, 0) is 24.4 Å². The number of pyridine rings is 1. The van der Waals surface area contributed by atoms with E-state index in [9.17, 15) is 9.59 Å². The van der Waals surface area contributed by atoms with Crippen LogP contribution < -0.4 is 11.1 Å². The van der Waals surface area contributed by atoms with Crippen molar-refractivity contribution < 1.29 is 14.3 Å². The number of morpholine rings is 1. The van der Waals surface area contributed by atoms with E-state index < -0.39 is 11.9 Å². The van der Waals surface area contributed by atoms with Crippen molar-refractivity contribution in [1.29, 1.82) is 0 Å².